The van der Waals surface area contributed by atoms with Gasteiger partial charge < -0.3 is 0 Å². The largest absolute Gasteiger partial charge is 0.135 e. The van der Waals surface area contributed by atoms with Crippen molar-refractivity contribution >= 4 is 87.4 Å². The van der Waals surface area contributed by atoms with E-state index in [0.717, 1.165) is 0 Å². The number of hydrogen-bond donors (Lipinski definition) is 0. The highest BCUT2D eigenvalue weighted by Gasteiger charge is 2.21. The summed E-state index contributed by atoms with van der Waals surface area (Å²) >= 11 is 5.65. The van der Waals surface area contributed by atoms with E-state index in [1.54, 1.807) is 0 Å². The topological polar surface area (TPSA) is 0 Å². The van der Waals surface area contributed by atoms with E-state index >= 15 is 0 Å². The van der Waals surface area contributed by atoms with Crippen LogP contribution in [-0.2, 0) is 0 Å². The van der Waals surface area contributed by atoms with Crippen LogP contribution in [0.3, 0.4) is 0 Å². The first-order chi connectivity index (χ1) is 25.2. The van der Waals surface area contributed by atoms with Gasteiger partial charge in [0.2, 0.25) is 0 Å². The molecule has 0 radical (unpaired) electrons. The van der Waals surface area contributed by atoms with Gasteiger partial charge >= 0.3 is 0 Å². The molecule has 2 heterocycles. The van der Waals surface area contributed by atoms with Crippen LogP contribution in [0.4, 0.5) is 0 Å². The lowest BCUT2D eigenvalue weighted by molar-refractivity contribution is 1.16. The fourth-order valence-electron chi connectivity index (χ4n) is 7.89. The minimum Gasteiger partial charge on any atom is -0.135 e. The molecule has 1 aromatic heterocycles. The Kier molecular flexibility index (Phi) is 6.70. The predicted molar refractivity (Wildman–Crippen MR) is 223 cm³/mol. The van der Waals surface area contributed by atoms with Crippen molar-refractivity contribution in [2.45, 2.75) is 19.6 Å². The Morgan fingerprint density at radius 2 is 0.784 bits per heavy atom. The zero-order chi connectivity index (χ0) is 33.5. The molecule has 0 N–H and O–H groups in total. The van der Waals surface area contributed by atoms with E-state index in [1.165, 1.54) is 105 Å². The summed E-state index contributed by atoms with van der Waals surface area (Å²) in [6.45, 7) is 0. The smallest absolute Gasteiger partial charge is 0.0355 e. The van der Waals surface area contributed by atoms with Crippen LogP contribution >= 0.6 is 34.9 Å². The van der Waals surface area contributed by atoms with Crippen LogP contribution < -0.4 is 0 Å². The first kappa shape index (κ1) is 29.4. The maximum atomic E-state index is 2.42. The number of hydrogen-bond acceptors (Lipinski definition) is 3. The quantitative estimate of drug-likeness (QED) is 0.168. The maximum Gasteiger partial charge on any atom is 0.0355 e. The van der Waals surface area contributed by atoms with Crippen molar-refractivity contribution in [3.05, 3.63) is 170 Å². The average molecular weight is 701 g/mol. The van der Waals surface area contributed by atoms with Crippen molar-refractivity contribution in [3.63, 3.8) is 0 Å². The van der Waals surface area contributed by atoms with E-state index in [9.17, 15) is 0 Å². The van der Waals surface area contributed by atoms with Crippen molar-refractivity contribution in [2.24, 2.45) is 0 Å². The number of fused-ring (bicyclic) bond motifs is 11. The van der Waals surface area contributed by atoms with Crippen molar-refractivity contribution in [2.75, 3.05) is 0 Å². The van der Waals surface area contributed by atoms with E-state index in [0.29, 0.717) is 0 Å². The van der Waals surface area contributed by atoms with Gasteiger partial charge in [-0.3, -0.25) is 0 Å². The van der Waals surface area contributed by atoms with Crippen LogP contribution in [0.1, 0.15) is 0 Å². The molecule has 238 valence electrons. The fourth-order valence-corrected chi connectivity index (χ4v) is 11.4. The highest BCUT2D eigenvalue weighted by molar-refractivity contribution is 8.05. The van der Waals surface area contributed by atoms with E-state index < -0.39 is 0 Å². The molecule has 0 saturated heterocycles. The molecule has 0 fully saturated rings. The third kappa shape index (κ3) is 4.77. The van der Waals surface area contributed by atoms with Crippen LogP contribution in [0, 0.1) is 0 Å². The van der Waals surface area contributed by atoms with Crippen molar-refractivity contribution in [1.29, 1.82) is 0 Å². The minimum atomic E-state index is 1.23. The van der Waals surface area contributed by atoms with Gasteiger partial charge in [0.1, 0.15) is 0 Å². The van der Waals surface area contributed by atoms with Gasteiger partial charge in [-0.25, -0.2) is 0 Å². The molecule has 0 unspecified atom stereocenters. The molecule has 0 nitrogen and oxygen atoms in total. The van der Waals surface area contributed by atoms with Gasteiger partial charge in [0.15, 0.2) is 0 Å². The molecule has 0 aliphatic carbocycles. The Morgan fingerprint density at radius 3 is 1.51 bits per heavy atom. The predicted octanol–water partition coefficient (Wildman–Crippen LogP) is 15.1. The second-order valence-corrected chi connectivity index (χ2v) is 16.5. The SMILES string of the molecule is c1ccc2c(c1)Sc1cccc(-c3cc(-c4ccc5sc6ccccc6c5c4)cc(-c4ccc5c6ccccc6c6ccccc6c5c4)c3)c1S2. The Hall–Kier alpha value is -5.32. The van der Waals surface area contributed by atoms with E-state index in [-0.39, 0.29) is 0 Å². The Labute approximate surface area is 308 Å². The van der Waals surface area contributed by atoms with Crippen molar-refractivity contribution < 1.29 is 0 Å². The Bertz CT molecular complexity index is 3000. The average Bonchev–Trinajstić information content (AvgIpc) is 3.57. The minimum absolute atomic E-state index is 1.23. The summed E-state index contributed by atoms with van der Waals surface area (Å²) in [6.07, 6.45) is 0. The molecule has 0 bridgehead atoms. The normalized spacial score (nSPS) is 12.5. The molecule has 0 atom stereocenters. The molecule has 3 heteroatoms. The van der Waals surface area contributed by atoms with Crippen LogP contribution in [0.25, 0.3) is 85.9 Å². The van der Waals surface area contributed by atoms with Crippen LogP contribution in [0.15, 0.2) is 189 Å². The zero-order valence-corrected chi connectivity index (χ0v) is 29.8. The first-order valence-electron chi connectivity index (χ1n) is 17.2. The molecule has 0 spiro atoms. The van der Waals surface area contributed by atoms with Gasteiger partial charge in [-0.15, -0.1) is 11.3 Å². The van der Waals surface area contributed by atoms with E-state index in [1.807, 2.05) is 34.9 Å². The summed E-state index contributed by atoms with van der Waals surface area (Å²) in [5.41, 5.74) is 7.44. The Morgan fingerprint density at radius 1 is 0.275 bits per heavy atom. The van der Waals surface area contributed by atoms with Gasteiger partial charge in [0.05, 0.1) is 0 Å². The van der Waals surface area contributed by atoms with Crippen LogP contribution in [-0.4, -0.2) is 0 Å². The highest BCUT2D eigenvalue weighted by atomic mass is 32.2. The lowest BCUT2D eigenvalue weighted by Crippen LogP contribution is -1.93. The molecular formula is C48H28S3. The van der Waals surface area contributed by atoms with Gasteiger partial charge in [-0.2, -0.15) is 0 Å². The molecule has 51 heavy (non-hydrogen) atoms. The first-order valence-corrected chi connectivity index (χ1v) is 19.7. The second kappa shape index (κ2) is 11.6. The lowest BCUT2D eigenvalue weighted by atomic mass is 9.90. The number of rotatable bonds is 3. The fraction of sp³-hybridized carbons (Fsp3) is 0. The molecule has 1 aliphatic rings. The zero-order valence-electron chi connectivity index (χ0n) is 27.4. The van der Waals surface area contributed by atoms with Gasteiger partial charge in [-0.05, 0) is 126 Å². The molecule has 0 saturated carbocycles. The standard InChI is InChI=1S/C48H28S3/c1-2-12-37-35(10-1)36-11-3-4-13-38(36)41-27-29(20-22-39(37)41)31-24-32(30-21-23-44-42(28-30)40-14-5-6-16-43(40)49-44)26-33(25-31)34-15-9-19-47-48(34)51-46-18-8-7-17-45(46)50-47/h1-28H. The lowest BCUT2D eigenvalue weighted by Gasteiger charge is -2.22. The van der Waals surface area contributed by atoms with Gasteiger partial charge in [-0.1, -0.05) is 133 Å². The summed E-state index contributed by atoms with van der Waals surface area (Å²) in [7, 11) is 0. The van der Waals surface area contributed by atoms with Crippen LogP contribution in [0.5, 0.6) is 0 Å². The van der Waals surface area contributed by atoms with E-state index in [4.69, 9.17) is 0 Å². The molecule has 9 aromatic carbocycles. The molecule has 1 aliphatic heterocycles. The third-order valence-corrected chi connectivity index (χ3v) is 14.1. The summed E-state index contributed by atoms with van der Waals surface area (Å²) in [6, 6.07) is 63.3. The maximum absolute atomic E-state index is 2.42. The monoisotopic (exact) mass is 700 g/mol. The summed E-state index contributed by atoms with van der Waals surface area (Å²) in [5, 5.41) is 10.4. The summed E-state index contributed by atoms with van der Waals surface area (Å²) in [5.74, 6) is 0. The summed E-state index contributed by atoms with van der Waals surface area (Å²) in [4.78, 5) is 5.30. The van der Waals surface area contributed by atoms with Crippen molar-refractivity contribution in [1.82, 2.24) is 0 Å². The van der Waals surface area contributed by atoms with E-state index in [2.05, 4.69) is 170 Å². The molecule has 10 aromatic rings. The van der Waals surface area contributed by atoms with Gasteiger partial charge in [0, 0.05) is 39.8 Å². The Balaban J connectivity index is 1.15. The van der Waals surface area contributed by atoms with Crippen molar-refractivity contribution in [3.8, 4) is 33.4 Å². The molecular weight excluding hydrogens is 673 g/mol. The van der Waals surface area contributed by atoms with Crippen LogP contribution in [0.2, 0.25) is 0 Å². The van der Waals surface area contributed by atoms with Gasteiger partial charge in [0.25, 0.3) is 0 Å². The second-order valence-electron chi connectivity index (χ2n) is 13.2. The summed E-state index contributed by atoms with van der Waals surface area (Å²) < 4.78 is 2.66. The number of benzene rings is 9. The highest BCUT2D eigenvalue weighted by Crippen LogP contribution is 2.52. The molecule has 0 amide bonds. The number of thiophene rings is 1. The third-order valence-electron chi connectivity index (χ3n) is 10.3. The molecule has 11 rings (SSSR count).